The van der Waals surface area contributed by atoms with Gasteiger partial charge in [0.15, 0.2) is 9.84 Å². The minimum Gasteiger partial charge on any atom is -0.365 e. The Morgan fingerprint density at radius 2 is 1.79 bits per heavy atom. The highest BCUT2D eigenvalue weighted by Gasteiger charge is 2.06. The zero-order valence-electron chi connectivity index (χ0n) is 8.07. The van der Waals surface area contributed by atoms with Crippen molar-refractivity contribution in [2.24, 2.45) is 0 Å². The first-order valence-corrected chi connectivity index (χ1v) is 7.03. The molecule has 0 spiro atoms. The van der Waals surface area contributed by atoms with Gasteiger partial charge in [0.2, 0.25) is 0 Å². The Hall–Kier alpha value is -0.550. The minimum absolute atomic E-state index is 0.351. The van der Waals surface area contributed by atoms with E-state index in [2.05, 4.69) is 15.9 Å². The summed E-state index contributed by atoms with van der Waals surface area (Å²) in [6, 6.07) is 6.81. The van der Waals surface area contributed by atoms with Gasteiger partial charge in [0.25, 0.3) is 0 Å². The Morgan fingerprint density at radius 1 is 1.29 bits per heavy atom. The third-order valence-electron chi connectivity index (χ3n) is 1.88. The van der Waals surface area contributed by atoms with Crippen LogP contribution >= 0.6 is 15.9 Å². The molecule has 0 heterocycles. The van der Waals surface area contributed by atoms with Crippen molar-refractivity contribution in [1.29, 1.82) is 0 Å². The van der Waals surface area contributed by atoms with Crippen LogP contribution in [0.5, 0.6) is 0 Å². The summed E-state index contributed by atoms with van der Waals surface area (Å²) < 4.78 is 22.3. The molecule has 1 aromatic rings. The van der Waals surface area contributed by atoms with Gasteiger partial charge in [-0.1, -0.05) is 15.9 Å². The highest BCUT2D eigenvalue weighted by molar-refractivity contribution is 9.09. The van der Waals surface area contributed by atoms with E-state index >= 15 is 0 Å². The number of hydrogen-bond donors (Lipinski definition) is 0. The van der Waals surface area contributed by atoms with Gasteiger partial charge in [-0.25, -0.2) is 8.42 Å². The topological polar surface area (TPSA) is 37.4 Å². The maximum Gasteiger partial charge on any atom is 0.175 e. The highest BCUT2D eigenvalue weighted by atomic mass is 79.9. The van der Waals surface area contributed by atoms with Crippen molar-refractivity contribution in [3.05, 3.63) is 24.3 Å². The SMILES string of the molecule is CN(CBr)c1ccc(S(C)(=O)=O)cc1. The molecule has 5 heteroatoms. The van der Waals surface area contributed by atoms with E-state index in [1.807, 2.05) is 11.9 Å². The lowest BCUT2D eigenvalue weighted by Gasteiger charge is -2.15. The highest BCUT2D eigenvalue weighted by Crippen LogP contribution is 2.17. The second-order valence-electron chi connectivity index (χ2n) is 3.08. The molecule has 0 atom stereocenters. The summed E-state index contributed by atoms with van der Waals surface area (Å²) in [6.45, 7) is 0. The molecule has 1 rings (SSSR count). The summed E-state index contributed by atoms with van der Waals surface area (Å²) in [5.74, 6) is 0. The lowest BCUT2D eigenvalue weighted by molar-refractivity contribution is 0.602. The average molecular weight is 278 g/mol. The molecule has 78 valence electrons. The van der Waals surface area contributed by atoms with Gasteiger partial charge < -0.3 is 4.90 Å². The van der Waals surface area contributed by atoms with Gasteiger partial charge in [-0.3, -0.25) is 0 Å². The molecule has 0 aliphatic carbocycles. The first-order chi connectivity index (χ1) is 6.45. The van der Waals surface area contributed by atoms with Crippen molar-refractivity contribution in [3.8, 4) is 0 Å². The van der Waals surface area contributed by atoms with Crippen LogP contribution < -0.4 is 4.90 Å². The molecular formula is C9H12BrNO2S. The zero-order chi connectivity index (χ0) is 10.8. The summed E-state index contributed by atoms with van der Waals surface area (Å²) in [6.07, 6.45) is 1.20. The van der Waals surface area contributed by atoms with Crippen molar-refractivity contribution < 1.29 is 8.42 Å². The summed E-state index contributed by atoms with van der Waals surface area (Å²) in [4.78, 5) is 2.32. The van der Waals surface area contributed by atoms with Crippen molar-refractivity contribution in [2.45, 2.75) is 4.90 Å². The number of nitrogens with zero attached hydrogens (tertiary/aromatic N) is 1. The molecule has 14 heavy (non-hydrogen) atoms. The molecule has 0 N–H and O–H groups in total. The molecule has 0 radical (unpaired) electrons. The number of alkyl halides is 1. The number of halogens is 1. The van der Waals surface area contributed by atoms with Gasteiger partial charge in [-0.15, -0.1) is 0 Å². The van der Waals surface area contributed by atoms with Gasteiger partial charge in [0.1, 0.15) is 0 Å². The van der Waals surface area contributed by atoms with Crippen LogP contribution in [0.1, 0.15) is 0 Å². The van der Waals surface area contributed by atoms with E-state index in [4.69, 9.17) is 0 Å². The first-order valence-electron chi connectivity index (χ1n) is 4.02. The third-order valence-corrected chi connectivity index (χ3v) is 3.77. The minimum atomic E-state index is -3.08. The second-order valence-corrected chi connectivity index (χ2v) is 5.60. The summed E-state index contributed by atoms with van der Waals surface area (Å²) in [5.41, 5.74) is 1.69. The molecule has 3 nitrogen and oxygen atoms in total. The molecule has 0 bridgehead atoms. The number of rotatable bonds is 3. The van der Waals surface area contributed by atoms with Crippen molar-refractivity contribution in [1.82, 2.24) is 0 Å². The molecule has 0 fully saturated rings. The second kappa shape index (κ2) is 4.31. The van der Waals surface area contributed by atoms with E-state index < -0.39 is 9.84 Å². The molecule has 0 aliphatic rings. The van der Waals surface area contributed by atoms with Crippen LogP contribution in [0.2, 0.25) is 0 Å². The molecule has 0 saturated carbocycles. The van der Waals surface area contributed by atoms with Crippen LogP contribution in [-0.2, 0) is 9.84 Å². The van der Waals surface area contributed by atoms with E-state index in [1.165, 1.54) is 6.26 Å². The number of anilines is 1. The maximum absolute atomic E-state index is 11.2. The summed E-state index contributed by atoms with van der Waals surface area (Å²) >= 11 is 3.32. The van der Waals surface area contributed by atoms with Gasteiger partial charge in [-0.05, 0) is 24.3 Å². The van der Waals surface area contributed by atoms with Crippen LogP contribution in [-0.4, -0.2) is 27.2 Å². The average Bonchev–Trinajstić information content (AvgIpc) is 2.15. The van der Waals surface area contributed by atoms with Crippen LogP contribution in [0.15, 0.2) is 29.2 Å². The summed E-state index contributed by atoms with van der Waals surface area (Å²) in [5, 5.41) is 0. The van der Waals surface area contributed by atoms with Gasteiger partial charge in [0, 0.05) is 19.0 Å². The lowest BCUT2D eigenvalue weighted by Crippen LogP contribution is -2.13. The molecule has 0 saturated heterocycles. The quantitative estimate of drug-likeness (QED) is 0.626. The Balaban J connectivity index is 3.01. The molecular weight excluding hydrogens is 266 g/mol. The zero-order valence-corrected chi connectivity index (χ0v) is 10.5. The Kier molecular flexibility index (Phi) is 3.55. The van der Waals surface area contributed by atoms with Gasteiger partial charge >= 0.3 is 0 Å². The van der Waals surface area contributed by atoms with E-state index in [0.29, 0.717) is 10.3 Å². The number of hydrogen-bond acceptors (Lipinski definition) is 3. The molecule has 0 aromatic heterocycles. The van der Waals surface area contributed by atoms with E-state index in [1.54, 1.807) is 24.3 Å². The molecule has 1 aromatic carbocycles. The van der Waals surface area contributed by atoms with Gasteiger partial charge in [0.05, 0.1) is 10.3 Å². The van der Waals surface area contributed by atoms with Crippen molar-refractivity contribution >= 4 is 31.5 Å². The monoisotopic (exact) mass is 277 g/mol. The fourth-order valence-electron chi connectivity index (χ4n) is 1.02. The van der Waals surface area contributed by atoms with Crippen LogP contribution in [0.4, 0.5) is 5.69 Å². The third kappa shape index (κ3) is 2.72. The van der Waals surface area contributed by atoms with Crippen molar-refractivity contribution in [2.75, 3.05) is 23.7 Å². The van der Waals surface area contributed by atoms with Gasteiger partial charge in [-0.2, -0.15) is 0 Å². The van der Waals surface area contributed by atoms with E-state index in [0.717, 1.165) is 5.69 Å². The standard InChI is InChI=1S/C9H12BrNO2S/c1-11(7-10)8-3-5-9(6-4-8)14(2,12)13/h3-6H,7H2,1-2H3. The molecule has 0 amide bonds. The van der Waals surface area contributed by atoms with E-state index in [9.17, 15) is 8.42 Å². The lowest BCUT2D eigenvalue weighted by atomic mass is 10.3. The number of benzene rings is 1. The normalized spacial score (nSPS) is 11.4. The smallest absolute Gasteiger partial charge is 0.175 e. The van der Waals surface area contributed by atoms with E-state index in [-0.39, 0.29) is 0 Å². The maximum atomic E-state index is 11.2. The largest absolute Gasteiger partial charge is 0.365 e. The fraction of sp³-hybridized carbons (Fsp3) is 0.333. The Morgan fingerprint density at radius 3 is 2.14 bits per heavy atom. The van der Waals surface area contributed by atoms with Crippen LogP contribution in [0.25, 0.3) is 0 Å². The fourth-order valence-corrected chi connectivity index (χ4v) is 1.94. The number of sulfone groups is 1. The first kappa shape index (κ1) is 11.5. The summed E-state index contributed by atoms with van der Waals surface area (Å²) in [7, 11) is -1.16. The van der Waals surface area contributed by atoms with Crippen molar-refractivity contribution in [3.63, 3.8) is 0 Å². The Labute approximate surface area is 92.8 Å². The molecule has 0 aliphatic heterocycles. The van der Waals surface area contributed by atoms with Crippen LogP contribution in [0.3, 0.4) is 0 Å². The Bertz CT molecular complexity index is 399. The molecule has 0 unspecified atom stereocenters. The predicted octanol–water partition coefficient (Wildman–Crippen LogP) is 1.88. The predicted molar refractivity (Wildman–Crippen MR) is 61.7 cm³/mol. The van der Waals surface area contributed by atoms with Crippen LogP contribution in [0, 0.1) is 0 Å².